The number of benzene rings is 2. The van der Waals surface area contributed by atoms with Gasteiger partial charge in [-0.15, -0.1) is 0 Å². The van der Waals surface area contributed by atoms with Crippen molar-refractivity contribution in [1.82, 2.24) is 0 Å². The van der Waals surface area contributed by atoms with Gasteiger partial charge in [-0.1, -0.05) is 61.7 Å². The molecule has 19 heavy (non-hydrogen) atoms. The van der Waals surface area contributed by atoms with Crippen LogP contribution in [-0.2, 0) is 5.41 Å². The zero-order valence-corrected chi connectivity index (χ0v) is 11.6. The van der Waals surface area contributed by atoms with Crippen molar-refractivity contribution in [2.24, 2.45) is 0 Å². The maximum Gasteiger partial charge on any atom is 0.0215 e. The first-order chi connectivity index (χ1) is 9.33. The van der Waals surface area contributed by atoms with Gasteiger partial charge in [0.15, 0.2) is 0 Å². The van der Waals surface area contributed by atoms with Gasteiger partial charge in [-0.05, 0) is 47.6 Å². The molecule has 0 atom stereocenters. The highest BCUT2D eigenvalue weighted by Crippen LogP contribution is 2.56. The van der Waals surface area contributed by atoms with Crippen molar-refractivity contribution in [3.8, 4) is 11.1 Å². The Labute approximate surface area is 115 Å². The average molecular weight is 248 g/mol. The molecule has 0 bridgehead atoms. The molecule has 0 saturated heterocycles. The molecule has 96 valence electrons. The molecule has 2 aromatic rings. The van der Waals surface area contributed by atoms with Gasteiger partial charge in [-0.2, -0.15) is 0 Å². The Bertz CT molecular complexity index is 630. The molecule has 0 nitrogen and oxygen atoms in total. The van der Waals surface area contributed by atoms with Crippen LogP contribution in [-0.4, -0.2) is 0 Å². The smallest absolute Gasteiger partial charge is 0.0215 e. The zero-order chi connectivity index (χ0) is 12.9. The van der Waals surface area contributed by atoms with Crippen molar-refractivity contribution in [1.29, 1.82) is 0 Å². The van der Waals surface area contributed by atoms with Crippen LogP contribution in [0.25, 0.3) is 11.1 Å². The van der Waals surface area contributed by atoms with Crippen LogP contribution in [0.15, 0.2) is 42.5 Å². The summed E-state index contributed by atoms with van der Waals surface area (Å²) in [4.78, 5) is 0. The van der Waals surface area contributed by atoms with Gasteiger partial charge in [0.25, 0.3) is 0 Å². The van der Waals surface area contributed by atoms with E-state index in [1.165, 1.54) is 48.8 Å². The van der Waals surface area contributed by atoms with E-state index in [9.17, 15) is 0 Å². The van der Waals surface area contributed by atoms with Gasteiger partial charge in [0.05, 0.1) is 0 Å². The van der Waals surface area contributed by atoms with Crippen molar-refractivity contribution in [3.05, 3.63) is 59.2 Å². The molecular weight excluding hydrogens is 228 g/mol. The summed E-state index contributed by atoms with van der Waals surface area (Å²) in [7, 11) is 0. The summed E-state index contributed by atoms with van der Waals surface area (Å²) < 4.78 is 0. The van der Waals surface area contributed by atoms with E-state index in [1.54, 1.807) is 11.1 Å². The van der Waals surface area contributed by atoms with Crippen LogP contribution in [0, 0.1) is 6.92 Å². The lowest BCUT2D eigenvalue weighted by Crippen LogP contribution is -2.27. The summed E-state index contributed by atoms with van der Waals surface area (Å²) in [5.74, 6) is 0. The first kappa shape index (κ1) is 11.3. The minimum Gasteiger partial charge on any atom is -0.0619 e. The molecular formula is C19H20. The minimum atomic E-state index is 0.330. The molecule has 0 aromatic heterocycles. The highest BCUT2D eigenvalue weighted by Gasteiger charge is 2.43. The van der Waals surface area contributed by atoms with E-state index < -0.39 is 0 Å². The van der Waals surface area contributed by atoms with Gasteiger partial charge in [0.2, 0.25) is 0 Å². The number of rotatable bonds is 0. The standard InChI is InChI=1S/C19H20/c1-14-8-7-11-17-18(14)15-9-3-4-10-16(15)19(17)12-5-2-6-13-19/h3-4,7-11H,2,5-6,12-13H2,1H3. The molecule has 2 aromatic carbocycles. The third-order valence-corrected chi connectivity index (χ3v) is 5.21. The van der Waals surface area contributed by atoms with Gasteiger partial charge in [0.1, 0.15) is 0 Å². The largest absolute Gasteiger partial charge is 0.0619 e. The van der Waals surface area contributed by atoms with Gasteiger partial charge >= 0.3 is 0 Å². The topological polar surface area (TPSA) is 0 Å². The molecule has 1 fully saturated rings. The summed E-state index contributed by atoms with van der Waals surface area (Å²) in [5.41, 5.74) is 7.99. The SMILES string of the molecule is Cc1cccc2c1-c1ccccc1C21CCCCC1. The Morgan fingerprint density at radius 2 is 1.53 bits per heavy atom. The van der Waals surface area contributed by atoms with Crippen molar-refractivity contribution in [2.75, 3.05) is 0 Å². The fraction of sp³-hybridized carbons (Fsp3) is 0.368. The first-order valence-electron chi connectivity index (χ1n) is 7.53. The van der Waals surface area contributed by atoms with E-state index in [-0.39, 0.29) is 0 Å². The second-order valence-electron chi connectivity index (χ2n) is 6.19. The molecule has 1 saturated carbocycles. The number of aryl methyl sites for hydroxylation is 1. The molecule has 0 heteroatoms. The van der Waals surface area contributed by atoms with E-state index in [4.69, 9.17) is 0 Å². The second-order valence-corrected chi connectivity index (χ2v) is 6.19. The zero-order valence-electron chi connectivity index (χ0n) is 11.6. The summed E-state index contributed by atoms with van der Waals surface area (Å²) in [6, 6.07) is 16.0. The number of hydrogen-bond donors (Lipinski definition) is 0. The lowest BCUT2D eigenvalue weighted by atomic mass is 9.68. The quantitative estimate of drug-likeness (QED) is 0.599. The normalized spacial score (nSPS) is 19.2. The molecule has 4 rings (SSSR count). The Hall–Kier alpha value is -1.56. The maximum absolute atomic E-state index is 2.38. The summed E-state index contributed by atoms with van der Waals surface area (Å²) in [5, 5.41) is 0. The number of hydrogen-bond acceptors (Lipinski definition) is 0. The van der Waals surface area contributed by atoms with Crippen LogP contribution < -0.4 is 0 Å². The van der Waals surface area contributed by atoms with Gasteiger partial charge in [-0.25, -0.2) is 0 Å². The Morgan fingerprint density at radius 1 is 0.789 bits per heavy atom. The van der Waals surface area contributed by atoms with Crippen LogP contribution >= 0.6 is 0 Å². The van der Waals surface area contributed by atoms with Crippen LogP contribution in [0.1, 0.15) is 48.8 Å². The van der Waals surface area contributed by atoms with E-state index >= 15 is 0 Å². The summed E-state index contributed by atoms with van der Waals surface area (Å²) >= 11 is 0. The van der Waals surface area contributed by atoms with Crippen molar-refractivity contribution >= 4 is 0 Å². The van der Waals surface area contributed by atoms with E-state index in [0.29, 0.717) is 5.41 Å². The van der Waals surface area contributed by atoms with Gasteiger partial charge < -0.3 is 0 Å². The minimum absolute atomic E-state index is 0.330. The monoisotopic (exact) mass is 248 g/mol. The molecule has 1 spiro atoms. The Kier molecular flexibility index (Phi) is 2.35. The summed E-state index contributed by atoms with van der Waals surface area (Å²) in [6.07, 6.45) is 6.83. The highest BCUT2D eigenvalue weighted by atomic mass is 14.5. The van der Waals surface area contributed by atoms with E-state index in [0.717, 1.165) is 0 Å². The molecule has 0 N–H and O–H groups in total. The fourth-order valence-electron chi connectivity index (χ4n) is 4.38. The highest BCUT2D eigenvalue weighted by molar-refractivity contribution is 5.83. The Morgan fingerprint density at radius 3 is 2.37 bits per heavy atom. The Balaban J connectivity index is 2.06. The predicted octanol–water partition coefficient (Wildman–Crippen LogP) is 5.23. The van der Waals surface area contributed by atoms with Crippen LogP contribution in [0.2, 0.25) is 0 Å². The van der Waals surface area contributed by atoms with Crippen LogP contribution in [0.3, 0.4) is 0 Å². The lowest BCUT2D eigenvalue weighted by Gasteiger charge is -2.36. The number of fused-ring (bicyclic) bond motifs is 5. The third kappa shape index (κ3) is 1.40. The van der Waals surface area contributed by atoms with Crippen LogP contribution in [0.4, 0.5) is 0 Å². The average Bonchev–Trinajstić information content (AvgIpc) is 2.73. The molecule has 0 aliphatic heterocycles. The predicted molar refractivity (Wildman–Crippen MR) is 80.5 cm³/mol. The molecule has 0 unspecified atom stereocenters. The van der Waals surface area contributed by atoms with E-state index in [1.807, 2.05) is 0 Å². The lowest BCUT2D eigenvalue weighted by molar-refractivity contribution is 0.353. The molecule has 0 amide bonds. The molecule has 2 aliphatic carbocycles. The molecule has 0 heterocycles. The first-order valence-corrected chi connectivity index (χ1v) is 7.53. The fourth-order valence-corrected chi connectivity index (χ4v) is 4.38. The van der Waals surface area contributed by atoms with Crippen molar-refractivity contribution < 1.29 is 0 Å². The third-order valence-electron chi connectivity index (χ3n) is 5.21. The van der Waals surface area contributed by atoms with Crippen molar-refractivity contribution in [3.63, 3.8) is 0 Å². The molecule has 2 aliphatic rings. The van der Waals surface area contributed by atoms with Gasteiger partial charge in [-0.3, -0.25) is 0 Å². The maximum atomic E-state index is 2.38. The molecule has 0 radical (unpaired) electrons. The summed E-state index contributed by atoms with van der Waals surface area (Å²) in [6.45, 7) is 2.26. The van der Waals surface area contributed by atoms with Crippen molar-refractivity contribution in [2.45, 2.75) is 44.4 Å². The van der Waals surface area contributed by atoms with Crippen LogP contribution in [0.5, 0.6) is 0 Å². The second kappa shape index (κ2) is 3.96. The van der Waals surface area contributed by atoms with Gasteiger partial charge in [0, 0.05) is 5.41 Å². The van der Waals surface area contributed by atoms with E-state index in [2.05, 4.69) is 49.4 Å².